The number of fused-ring (bicyclic) bond motifs is 1. The zero-order valence-corrected chi connectivity index (χ0v) is 13.7. The van der Waals surface area contributed by atoms with Gasteiger partial charge in [0.05, 0.1) is 12.1 Å². The van der Waals surface area contributed by atoms with Crippen LogP contribution >= 0.6 is 26.0 Å². The predicted molar refractivity (Wildman–Crippen MR) is 84.4 cm³/mol. The molecule has 106 valence electrons. The summed E-state index contributed by atoms with van der Waals surface area (Å²) in [5.74, 6) is 0.652. The highest BCUT2D eigenvalue weighted by atomic mass is 79.9. The highest BCUT2D eigenvalue weighted by molar-refractivity contribution is 9.10. The lowest BCUT2D eigenvalue weighted by molar-refractivity contribution is 0.0874. The molecule has 0 bridgehead atoms. The summed E-state index contributed by atoms with van der Waals surface area (Å²) in [5, 5.41) is 0. The highest BCUT2D eigenvalue weighted by Gasteiger charge is 2.10. The van der Waals surface area contributed by atoms with Crippen LogP contribution in [-0.4, -0.2) is 35.7 Å². The van der Waals surface area contributed by atoms with Crippen molar-refractivity contribution in [2.24, 2.45) is 0 Å². The van der Waals surface area contributed by atoms with E-state index < -0.39 is 10.0 Å². The number of hydrogen-bond donors (Lipinski definition) is 0. The molecule has 6 heteroatoms. The molecule has 1 heterocycles. The second kappa shape index (κ2) is 5.73. The van der Waals surface area contributed by atoms with Gasteiger partial charge in [0.2, 0.25) is 0 Å². The Bertz CT molecular complexity index is 627. The molecule has 0 saturated carbocycles. The normalized spacial score (nSPS) is 13.1. The van der Waals surface area contributed by atoms with Crippen LogP contribution in [0.3, 0.4) is 0 Å². The van der Waals surface area contributed by atoms with E-state index in [0.29, 0.717) is 12.2 Å². The number of aromatic nitrogens is 1. The van der Waals surface area contributed by atoms with Crippen molar-refractivity contribution in [3.63, 3.8) is 0 Å². The van der Waals surface area contributed by atoms with Gasteiger partial charge in [0.25, 0.3) is 0 Å². The fraction of sp³-hybridized carbons (Fsp3) is 0.462. The van der Waals surface area contributed by atoms with Crippen LogP contribution in [0.1, 0.15) is 0 Å². The number of ether oxygens (including phenoxy) is 1. The predicted octanol–water partition coefficient (Wildman–Crippen LogP) is 3.03. The molecule has 4 nitrogen and oxygen atoms in total. The second-order valence-corrected chi connectivity index (χ2v) is 10.7. The third-order valence-corrected chi connectivity index (χ3v) is 4.58. The molecule has 0 aliphatic carbocycles. The van der Waals surface area contributed by atoms with Gasteiger partial charge in [-0.05, 0) is 37.0 Å². The van der Waals surface area contributed by atoms with Crippen LogP contribution in [0.25, 0.3) is 11.1 Å². The highest BCUT2D eigenvalue weighted by Crippen LogP contribution is 2.33. The first-order chi connectivity index (χ1) is 8.87. The first-order valence-corrected chi connectivity index (χ1v) is 9.71. The van der Waals surface area contributed by atoms with Crippen molar-refractivity contribution in [3.8, 4) is 0 Å². The molecule has 0 radical (unpaired) electrons. The number of nitrogens with zero attached hydrogens (tertiary/aromatic N) is 1. The molecule has 0 aliphatic heterocycles. The summed E-state index contributed by atoms with van der Waals surface area (Å²) in [5.41, 5.74) is 1.33. The molecule has 19 heavy (non-hydrogen) atoms. The van der Waals surface area contributed by atoms with Crippen molar-refractivity contribution < 1.29 is 9.15 Å². The average molecular weight is 348 g/mol. The Labute approximate surface area is 122 Å². The van der Waals surface area contributed by atoms with Crippen LogP contribution in [0.2, 0.25) is 0 Å². The smallest absolute Gasteiger partial charge is 0.408 e. The number of benzene rings is 1. The molecule has 0 fully saturated rings. The Hall–Kier alpha value is -0.720. The third-order valence-electron chi connectivity index (χ3n) is 2.69. The molecule has 0 saturated heterocycles. The number of halogens is 1. The van der Waals surface area contributed by atoms with Gasteiger partial charge >= 0.3 is 5.76 Å². The zero-order valence-electron chi connectivity index (χ0n) is 11.3. The number of hydrogen-bond acceptors (Lipinski definition) is 3. The van der Waals surface area contributed by atoms with Crippen LogP contribution in [0.5, 0.6) is 0 Å². The molecule has 0 N–H and O–H groups in total. The summed E-state index contributed by atoms with van der Waals surface area (Å²) in [6.07, 6.45) is 6.73. The average Bonchev–Trinajstić information content (AvgIpc) is 2.58. The van der Waals surface area contributed by atoms with Crippen LogP contribution in [-0.2, 0) is 11.5 Å². The van der Waals surface area contributed by atoms with Gasteiger partial charge in [0.15, 0.2) is 5.58 Å². The van der Waals surface area contributed by atoms with Crippen molar-refractivity contribution in [2.45, 2.75) is 6.73 Å². The van der Waals surface area contributed by atoms with E-state index in [1.165, 1.54) is 4.57 Å². The molecular weight excluding hydrogens is 330 g/mol. The Morgan fingerprint density at radius 3 is 2.79 bits per heavy atom. The van der Waals surface area contributed by atoms with Crippen molar-refractivity contribution in [1.29, 1.82) is 0 Å². The Morgan fingerprint density at radius 1 is 1.37 bits per heavy atom. The lowest BCUT2D eigenvalue weighted by atomic mass is 10.3. The van der Waals surface area contributed by atoms with Crippen LogP contribution in [0, 0.1) is 0 Å². The van der Waals surface area contributed by atoms with Crippen molar-refractivity contribution in [1.82, 2.24) is 4.57 Å². The Balaban J connectivity index is 2.09. The lowest BCUT2D eigenvalue weighted by Crippen LogP contribution is -2.17. The molecule has 1 aromatic carbocycles. The van der Waals surface area contributed by atoms with Crippen molar-refractivity contribution in [3.05, 3.63) is 33.2 Å². The fourth-order valence-corrected chi connectivity index (χ4v) is 2.59. The maximum Gasteiger partial charge on any atom is 0.421 e. The number of oxazole rings is 1. The van der Waals surface area contributed by atoms with Gasteiger partial charge in [0, 0.05) is 10.2 Å². The minimum Gasteiger partial charge on any atom is -0.408 e. The zero-order chi connectivity index (χ0) is 14.0. The minimum absolute atomic E-state index is 0.239. The van der Waals surface area contributed by atoms with Gasteiger partial charge in [-0.25, -0.2) is 19.4 Å². The fourth-order valence-electron chi connectivity index (χ4n) is 1.63. The van der Waals surface area contributed by atoms with E-state index in [-0.39, 0.29) is 12.5 Å². The standard InChI is InChI=1S/C13H18BrNO3S/c1-19(2,3)7-6-17-9-15-11-5-4-10(14)8-12(11)18-13(15)16/h4-5,8H,6-7,9H2,1-3H3. The lowest BCUT2D eigenvalue weighted by Gasteiger charge is -2.24. The quantitative estimate of drug-likeness (QED) is 0.781. The van der Waals surface area contributed by atoms with Gasteiger partial charge in [-0.1, -0.05) is 15.9 Å². The van der Waals surface area contributed by atoms with Crippen LogP contribution in [0.15, 0.2) is 31.9 Å². The van der Waals surface area contributed by atoms with Crippen molar-refractivity contribution in [2.75, 3.05) is 31.1 Å². The molecule has 2 rings (SSSR count). The monoisotopic (exact) mass is 347 g/mol. The Kier molecular flexibility index (Phi) is 4.43. The summed E-state index contributed by atoms with van der Waals surface area (Å²) in [4.78, 5) is 11.7. The molecular formula is C13H18BrNO3S. The van der Waals surface area contributed by atoms with Gasteiger partial charge < -0.3 is 9.15 Å². The summed E-state index contributed by atoms with van der Waals surface area (Å²) in [6, 6.07) is 5.52. The minimum atomic E-state index is -0.565. The van der Waals surface area contributed by atoms with Gasteiger partial charge in [-0.15, -0.1) is 0 Å². The van der Waals surface area contributed by atoms with E-state index in [1.54, 1.807) is 6.07 Å². The summed E-state index contributed by atoms with van der Waals surface area (Å²) >= 11 is 3.35. The van der Waals surface area contributed by atoms with Gasteiger partial charge in [0.1, 0.15) is 6.73 Å². The third kappa shape index (κ3) is 3.87. The van der Waals surface area contributed by atoms with Gasteiger partial charge in [-0.2, -0.15) is 0 Å². The van der Waals surface area contributed by atoms with E-state index in [0.717, 1.165) is 15.7 Å². The summed E-state index contributed by atoms with van der Waals surface area (Å²) in [7, 11) is -0.565. The first-order valence-electron chi connectivity index (χ1n) is 5.89. The molecule has 1 aromatic heterocycles. The number of rotatable bonds is 5. The molecule has 2 aromatic rings. The van der Waals surface area contributed by atoms with Gasteiger partial charge in [-0.3, -0.25) is 0 Å². The van der Waals surface area contributed by atoms with Crippen LogP contribution in [0.4, 0.5) is 0 Å². The largest absolute Gasteiger partial charge is 0.421 e. The van der Waals surface area contributed by atoms with Crippen molar-refractivity contribution >= 4 is 37.1 Å². The van der Waals surface area contributed by atoms with E-state index in [4.69, 9.17) is 9.15 Å². The topological polar surface area (TPSA) is 44.4 Å². The maximum absolute atomic E-state index is 11.7. The van der Waals surface area contributed by atoms with E-state index in [9.17, 15) is 4.79 Å². The second-order valence-electron chi connectivity index (χ2n) is 5.24. The summed E-state index contributed by atoms with van der Waals surface area (Å²) < 4.78 is 13.2. The van der Waals surface area contributed by atoms with E-state index >= 15 is 0 Å². The maximum atomic E-state index is 11.7. The molecule has 0 unspecified atom stereocenters. The molecule has 0 aliphatic rings. The molecule has 0 amide bonds. The van der Waals surface area contributed by atoms with Crippen LogP contribution < -0.4 is 5.76 Å². The molecule has 0 spiro atoms. The summed E-state index contributed by atoms with van der Waals surface area (Å²) in [6.45, 7) is 0.900. The molecule has 0 atom stereocenters. The SMILES string of the molecule is CS(C)(C)CCOCn1c(=O)oc2cc(Br)ccc21. The first kappa shape index (κ1) is 14.7. The Morgan fingerprint density at radius 2 is 2.11 bits per heavy atom. The van der Waals surface area contributed by atoms with E-state index in [1.807, 2.05) is 12.1 Å². The van der Waals surface area contributed by atoms with E-state index in [2.05, 4.69) is 34.7 Å².